The molecule has 16 heteroatoms. The number of halogens is 3. The Morgan fingerprint density at radius 2 is 2.03 bits per heavy atom. The first kappa shape index (κ1) is 24.7. The third-order valence-electron chi connectivity index (χ3n) is 5.58. The maximum absolute atomic E-state index is 12.5. The minimum atomic E-state index is -5.08. The summed E-state index contributed by atoms with van der Waals surface area (Å²) in [6.45, 7) is 4.45. The highest BCUT2D eigenvalue weighted by molar-refractivity contribution is 7.92. The molecule has 12 nitrogen and oxygen atoms in total. The molecule has 5 heterocycles. The lowest BCUT2D eigenvalue weighted by molar-refractivity contribution is -0.192. The predicted molar refractivity (Wildman–Crippen MR) is 118 cm³/mol. The molecule has 35 heavy (non-hydrogen) atoms. The number of aliphatic carboxylic acids is 1. The van der Waals surface area contributed by atoms with Gasteiger partial charge in [0, 0.05) is 24.7 Å². The Labute approximate surface area is 197 Å². The van der Waals surface area contributed by atoms with Crippen LogP contribution in [0.2, 0.25) is 0 Å². The fraction of sp³-hybridized carbons (Fsp3) is 0.474. The molecule has 0 spiro atoms. The van der Waals surface area contributed by atoms with Gasteiger partial charge in [-0.25, -0.2) is 18.2 Å². The molecule has 190 valence electrons. The molecule has 1 atom stereocenters. The number of fused-ring (bicyclic) bond motifs is 3. The lowest BCUT2D eigenvalue weighted by Gasteiger charge is -2.35. The Kier molecular flexibility index (Phi) is 6.35. The summed E-state index contributed by atoms with van der Waals surface area (Å²) in [5.74, 6) is -1.27. The SMILES string of the molecule is C[C@@H]1COCCN1c1nc2c(cnn2-c2ccn[nH]2)c2c1CCN2S(C)(=O)=O.O=C(O)C(F)(F)F. The van der Waals surface area contributed by atoms with Gasteiger partial charge in [-0.3, -0.25) is 9.40 Å². The van der Waals surface area contributed by atoms with Gasteiger partial charge >= 0.3 is 12.1 Å². The standard InChI is InChI=1S/C17H21N7O3S.C2HF3O2/c1-11-10-27-8-7-22(11)16-12-4-6-23(28(2,25)26)15(12)13-9-19-24(17(13)20-16)14-3-5-18-21-14;3-2(4,5)1(6)7/h3,5,9,11H,4,6-8,10H2,1-2H3,(H,18,21);(H,6,7)/t11-;/m1./s1. The number of hydrogen-bond acceptors (Lipinski definition) is 8. The molecule has 0 saturated carbocycles. The van der Waals surface area contributed by atoms with Crippen molar-refractivity contribution in [2.75, 3.05) is 41.8 Å². The van der Waals surface area contributed by atoms with Crippen LogP contribution in [0.4, 0.5) is 24.7 Å². The maximum Gasteiger partial charge on any atom is 0.490 e. The van der Waals surface area contributed by atoms with Crippen molar-refractivity contribution < 1.29 is 36.2 Å². The minimum absolute atomic E-state index is 0.151. The first-order chi connectivity index (χ1) is 16.4. The summed E-state index contributed by atoms with van der Waals surface area (Å²) in [5.41, 5.74) is 2.25. The summed E-state index contributed by atoms with van der Waals surface area (Å²) in [4.78, 5) is 16.1. The van der Waals surface area contributed by atoms with Gasteiger partial charge in [0.15, 0.2) is 11.5 Å². The normalized spacial score (nSPS) is 18.4. The van der Waals surface area contributed by atoms with Crippen molar-refractivity contribution in [3.63, 3.8) is 0 Å². The van der Waals surface area contributed by atoms with E-state index in [1.807, 2.05) is 0 Å². The summed E-state index contributed by atoms with van der Waals surface area (Å²) >= 11 is 0. The fourth-order valence-corrected chi connectivity index (χ4v) is 5.01. The van der Waals surface area contributed by atoms with Gasteiger partial charge in [0.1, 0.15) is 5.82 Å². The second kappa shape index (κ2) is 8.99. The smallest absolute Gasteiger partial charge is 0.475 e. The third kappa shape index (κ3) is 4.75. The summed E-state index contributed by atoms with van der Waals surface area (Å²) in [5, 5.41) is 19.2. The van der Waals surface area contributed by atoms with Crippen molar-refractivity contribution in [3.05, 3.63) is 24.0 Å². The van der Waals surface area contributed by atoms with E-state index in [-0.39, 0.29) is 6.04 Å². The highest BCUT2D eigenvalue weighted by Crippen LogP contribution is 2.42. The van der Waals surface area contributed by atoms with Crippen LogP contribution in [-0.2, 0) is 26.0 Å². The number of carboxylic acid groups (broad SMARTS) is 1. The van der Waals surface area contributed by atoms with E-state index in [9.17, 15) is 21.6 Å². The number of carbonyl (C=O) groups is 1. The Hall–Kier alpha value is -3.40. The number of nitrogens with zero attached hydrogens (tertiary/aromatic N) is 6. The maximum atomic E-state index is 12.5. The largest absolute Gasteiger partial charge is 0.490 e. The zero-order valence-corrected chi connectivity index (χ0v) is 19.5. The van der Waals surface area contributed by atoms with Crippen LogP contribution >= 0.6 is 0 Å². The van der Waals surface area contributed by atoms with E-state index >= 15 is 0 Å². The van der Waals surface area contributed by atoms with Crippen LogP contribution in [0.5, 0.6) is 0 Å². The van der Waals surface area contributed by atoms with Crippen LogP contribution in [0.25, 0.3) is 16.9 Å². The Balaban J connectivity index is 0.000000364. The molecule has 2 aliphatic heterocycles. The number of aromatic amines is 1. The van der Waals surface area contributed by atoms with E-state index in [1.165, 1.54) is 10.6 Å². The second-order valence-electron chi connectivity index (χ2n) is 8.00. The number of anilines is 2. The lowest BCUT2D eigenvalue weighted by Crippen LogP contribution is -2.44. The van der Waals surface area contributed by atoms with Gasteiger partial charge in [-0.1, -0.05) is 0 Å². The molecule has 0 bridgehead atoms. The van der Waals surface area contributed by atoms with Crippen LogP contribution in [0.15, 0.2) is 18.5 Å². The molecular weight excluding hydrogens is 495 g/mol. The number of alkyl halides is 3. The molecule has 0 radical (unpaired) electrons. The molecule has 0 aromatic carbocycles. The molecule has 2 aliphatic rings. The minimum Gasteiger partial charge on any atom is -0.475 e. The summed E-state index contributed by atoms with van der Waals surface area (Å²) in [7, 11) is -3.41. The van der Waals surface area contributed by atoms with Crippen LogP contribution in [-0.4, -0.2) is 89.2 Å². The van der Waals surface area contributed by atoms with Crippen molar-refractivity contribution in [1.82, 2.24) is 25.0 Å². The Morgan fingerprint density at radius 1 is 1.31 bits per heavy atom. The van der Waals surface area contributed by atoms with Crippen molar-refractivity contribution in [3.8, 4) is 5.82 Å². The molecule has 1 fully saturated rings. The van der Waals surface area contributed by atoms with Crippen molar-refractivity contribution >= 4 is 38.5 Å². The third-order valence-corrected chi connectivity index (χ3v) is 6.74. The highest BCUT2D eigenvalue weighted by Gasteiger charge is 2.38. The van der Waals surface area contributed by atoms with Gasteiger partial charge in [0.25, 0.3) is 0 Å². The number of carboxylic acids is 1. The van der Waals surface area contributed by atoms with Gasteiger partial charge in [-0.05, 0) is 13.3 Å². The summed E-state index contributed by atoms with van der Waals surface area (Å²) in [6, 6.07) is 1.95. The molecule has 1 saturated heterocycles. The summed E-state index contributed by atoms with van der Waals surface area (Å²) in [6.07, 6.45) is 0.104. The van der Waals surface area contributed by atoms with E-state index in [0.29, 0.717) is 49.9 Å². The number of sulfonamides is 1. The number of nitrogens with one attached hydrogen (secondary N) is 1. The van der Waals surface area contributed by atoms with Gasteiger partial charge < -0.3 is 14.7 Å². The molecule has 0 unspecified atom stereocenters. The molecule has 0 amide bonds. The van der Waals surface area contributed by atoms with E-state index in [4.69, 9.17) is 19.6 Å². The van der Waals surface area contributed by atoms with Crippen LogP contribution in [0, 0.1) is 0 Å². The Bertz CT molecular complexity index is 1340. The molecule has 3 aromatic heterocycles. The number of morpholine rings is 1. The number of rotatable bonds is 3. The second-order valence-corrected chi connectivity index (χ2v) is 9.91. The number of hydrogen-bond donors (Lipinski definition) is 2. The van der Waals surface area contributed by atoms with Gasteiger partial charge in [-0.2, -0.15) is 28.1 Å². The van der Waals surface area contributed by atoms with E-state index < -0.39 is 22.2 Å². The molecule has 2 N–H and O–H groups in total. The first-order valence-corrected chi connectivity index (χ1v) is 12.3. The first-order valence-electron chi connectivity index (χ1n) is 10.4. The monoisotopic (exact) mass is 517 g/mol. The van der Waals surface area contributed by atoms with E-state index in [0.717, 1.165) is 16.8 Å². The summed E-state index contributed by atoms with van der Waals surface area (Å²) < 4.78 is 65.4. The van der Waals surface area contributed by atoms with Gasteiger partial charge in [0.05, 0.1) is 49.0 Å². The zero-order valence-electron chi connectivity index (χ0n) is 18.7. The molecular formula is C19H22F3N7O5S. The van der Waals surface area contributed by atoms with Crippen molar-refractivity contribution in [2.45, 2.75) is 25.6 Å². The van der Waals surface area contributed by atoms with Crippen molar-refractivity contribution in [1.29, 1.82) is 0 Å². The molecule has 3 aromatic rings. The zero-order chi connectivity index (χ0) is 25.5. The number of ether oxygens (including phenoxy) is 1. The van der Waals surface area contributed by atoms with Gasteiger partial charge in [-0.15, -0.1) is 0 Å². The number of H-pyrrole nitrogens is 1. The average molecular weight is 517 g/mol. The predicted octanol–water partition coefficient (Wildman–Crippen LogP) is 1.32. The lowest BCUT2D eigenvalue weighted by atomic mass is 10.1. The highest BCUT2D eigenvalue weighted by atomic mass is 32.2. The van der Waals surface area contributed by atoms with Crippen molar-refractivity contribution in [2.24, 2.45) is 0 Å². The van der Waals surface area contributed by atoms with Gasteiger partial charge in [0.2, 0.25) is 10.0 Å². The average Bonchev–Trinajstić information content (AvgIpc) is 3.51. The number of pyridine rings is 1. The number of aromatic nitrogens is 5. The Morgan fingerprint density at radius 3 is 2.60 bits per heavy atom. The van der Waals surface area contributed by atoms with Crippen LogP contribution in [0.3, 0.4) is 0 Å². The van der Waals surface area contributed by atoms with E-state index in [2.05, 4.69) is 27.1 Å². The fourth-order valence-electron chi connectivity index (χ4n) is 4.05. The topological polar surface area (TPSA) is 147 Å². The molecule has 0 aliphatic carbocycles. The van der Waals surface area contributed by atoms with Crippen LogP contribution < -0.4 is 9.21 Å². The quantitative estimate of drug-likeness (QED) is 0.525. The molecule has 5 rings (SSSR count). The van der Waals surface area contributed by atoms with E-state index in [1.54, 1.807) is 23.1 Å². The van der Waals surface area contributed by atoms with Crippen LogP contribution in [0.1, 0.15) is 12.5 Å².